The molecule has 0 saturated carbocycles. The molecular weight excluding hydrogens is 424 g/mol. The van der Waals surface area contributed by atoms with Crippen LogP contribution in [0.3, 0.4) is 0 Å². The third-order valence-electron chi connectivity index (χ3n) is 5.25. The molecule has 0 spiro atoms. The van der Waals surface area contributed by atoms with Crippen molar-refractivity contribution in [2.75, 3.05) is 20.6 Å². The average Bonchev–Trinajstić information content (AvgIpc) is 2.69. The van der Waals surface area contributed by atoms with Crippen LogP contribution in [0.25, 0.3) is 0 Å². The van der Waals surface area contributed by atoms with E-state index in [0.717, 1.165) is 5.56 Å². The average molecular weight is 463 g/mol. The van der Waals surface area contributed by atoms with Crippen LogP contribution in [0.1, 0.15) is 46.6 Å². The van der Waals surface area contributed by atoms with E-state index in [1.165, 1.54) is 4.90 Å². The lowest BCUT2D eigenvalue weighted by atomic mass is 9.85. The van der Waals surface area contributed by atoms with E-state index in [1.54, 1.807) is 34.9 Å². The molecule has 0 aliphatic rings. The zero-order valence-corrected chi connectivity index (χ0v) is 20.8. The molecule has 1 rings (SSSR count). The van der Waals surface area contributed by atoms with Crippen molar-refractivity contribution in [2.24, 2.45) is 17.3 Å². The van der Waals surface area contributed by atoms with Gasteiger partial charge >= 0.3 is 0 Å². The number of rotatable bonds is 11. The first kappa shape index (κ1) is 28.1. The minimum atomic E-state index is -0.973. The van der Waals surface area contributed by atoms with Gasteiger partial charge in [-0.15, -0.1) is 0 Å². The van der Waals surface area contributed by atoms with Crippen LogP contribution >= 0.6 is 0 Å². The molecule has 0 unspecified atom stereocenters. The smallest absolute Gasteiger partial charge is 0.244 e. The predicted molar refractivity (Wildman–Crippen MR) is 127 cm³/mol. The highest BCUT2D eigenvalue weighted by molar-refractivity contribution is 5.93. The van der Waals surface area contributed by atoms with Crippen molar-refractivity contribution in [2.45, 2.75) is 59.5 Å². The van der Waals surface area contributed by atoms with E-state index in [-0.39, 0.29) is 11.8 Å². The van der Waals surface area contributed by atoms with Crippen molar-refractivity contribution in [1.29, 1.82) is 0 Å². The second-order valence-corrected chi connectivity index (χ2v) is 10.1. The summed E-state index contributed by atoms with van der Waals surface area (Å²) in [7, 11) is 3.23. The third-order valence-corrected chi connectivity index (χ3v) is 5.25. The number of likely N-dealkylation sites (N-methyl/N-ethyl adjacent to an activating group) is 1. The van der Waals surface area contributed by atoms with Gasteiger partial charge < -0.3 is 15.5 Å². The fourth-order valence-electron chi connectivity index (χ4n) is 3.57. The lowest BCUT2D eigenvalue weighted by molar-refractivity contribution is -0.486. The van der Waals surface area contributed by atoms with Crippen LogP contribution < -0.4 is 10.6 Å². The molecule has 0 fully saturated rings. The lowest BCUT2D eigenvalue weighted by Crippen LogP contribution is -2.59. The van der Waals surface area contributed by atoms with Crippen molar-refractivity contribution in [3.63, 3.8) is 0 Å². The molecule has 9 heteroatoms. The summed E-state index contributed by atoms with van der Waals surface area (Å²) in [6.45, 7) is 8.65. The van der Waals surface area contributed by atoms with Crippen molar-refractivity contribution in [3.05, 3.63) is 46.0 Å². The molecule has 0 bridgehead atoms. The molecule has 0 heterocycles. The monoisotopic (exact) mass is 462 g/mol. The van der Waals surface area contributed by atoms with E-state index in [4.69, 9.17) is 0 Å². The Morgan fingerprint density at radius 3 is 2.06 bits per heavy atom. The lowest BCUT2D eigenvalue weighted by Gasteiger charge is -2.33. The Morgan fingerprint density at radius 2 is 1.61 bits per heavy atom. The molecule has 9 nitrogen and oxygen atoms in total. The first-order chi connectivity index (χ1) is 15.2. The van der Waals surface area contributed by atoms with Crippen molar-refractivity contribution in [1.82, 2.24) is 15.5 Å². The van der Waals surface area contributed by atoms with Crippen LogP contribution in [0.5, 0.6) is 0 Å². The van der Waals surface area contributed by atoms with E-state index in [9.17, 15) is 24.5 Å². The standard InChI is InChI=1S/C24H38N4O5/c1-16(2)13-18(15-28(32)33)21(29)26-20(24(3,4)5)22(30)25-19(23(31)27(6)7)14-17-11-9-8-10-12-17/h8-12,16,18-20H,13-15H2,1-7H3,(H,25,30)(H,26,29)/t18-,19+,20-/m1/s1. The highest BCUT2D eigenvalue weighted by atomic mass is 16.6. The summed E-state index contributed by atoms with van der Waals surface area (Å²) in [5.41, 5.74) is 0.201. The zero-order chi connectivity index (χ0) is 25.3. The van der Waals surface area contributed by atoms with E-state index in [1.807, 2.05) is 44.2 Å². The fourth-order valence-corrected chi connectivity index (χ4v) is 3.57. The number of carbonyl (C=O) groups excluding carboxylic acids is 3. The number of nitro groups is 1. The summed E-state index contributed by atoms with van der Waals surface area (Å²) in [5.74, 6) is -2.07. The molecule has 0 aliphatic carbocycles. The van der Waals surface area contributed by atoms with Gasteiger partial charge in [0.2, 0.25) is 24.3 Å². The van der Waals surface area contributed by atoms with Gasteiger partial charge in [0.25, 0.3) is 0 Å². The quantitative estimate of drug-likeness (QED) is 0.386. The summed E-state index contributed by atoms with van der Waals surface area (Å²) in [6.07, 6.45) is 0.632. The van der Waals surface area contributed by atoms with Crippen LogP contribution in [-0.4, -0.2) is 60.3 Å². The Balaban J connectivity index is 3.11. The van der Waals surface area contributed by atoms with Gasteiger partial charge in [0.05, 0.1) is 0 Å². The van der Waals surface area contributed by atoms with E-state index < -0.39 is 46.7 Å². The maximum atomic E-state index is 13.3. The first-order valence-corrected chi connectivity index (χ1v) is 11.2. The van der Waals surface area contributed by atoms with Gasteiger partial charge in [-0.2, -0.15) is 0 Å². The normalized spacial score (nSPS) is 14.2. The van der Waals surface area contributed by atoms with Gasteiger partial charge in [-0.3, -0.25) is 24.5 Å². The van der Waals surface area contributed by atoms with Crippen molar-refractivity contribution in [3.8, 4) is 0 Å². The number of carbonyl (C=O) groups is 3. The molecule has 184 valence electrons. The Morgan fingerprint density at radius 1 is 1.03 bits per heavy atom. The maximum absolute atomic E-state index is 13.3. The molecule has 3 amide bonds. The number of nitrogens with one attached hydrogen (secondary N) is 2. The molecule has 1 aromatic rings. The van der Waals surface area contributed by atoms with Crippen LogP contribution in [-0.2, 0) is 20.8 Å². The fraction of sp³-hybridized carbons (Fsp3) is 0.625. The molecule has 0 aromatic heterocycles. The molecule has 0 aliphatic heterocycles. The summed E-state index contributed by atoms with van der Waals surface area (Å²) in [6, 6.07) is 7.54. The number of hydrogen-bond donors (Lipinski definition) is 2. The highest BCUT2D eigenvalue weighted by Gasteiger charge is 2.37. The Labute approximate surface area is 196 Å². The Kier molecular flexibility index (Phi) is 10.5. The van der Waals surface area contributed by atoms with E-state index in [0.29, 0.717) is 12.8 Å². The van der Waals surface area contributed by atoms with E-state index in [2.05, 4.69) is 10.6 Å². The van der Waals surface area contributed by atoms with Crippen LogP contribution in [0.15, 0.2) is 30.3 Å². The van der Waals surface area contributed by atoms with Gasteiger partial charge in [-0.1, -0.05) is 65.0 Å². The highest BCUT2D eigenvalue weighted by Crippen LogP contribution is 2.22. The van der Waals surface area contributed by atoms with Crippen LogP contribution in [0.4, 0.5) is 0 Å². The van der Waals surface area contributed by atoms with Crippen molar-refractivity contribution < 1.29 is 19.3 Å². The second-order valence-electron chi connectivity index (χ2n) is 10.1. The molecule has 2 N–H and O–H groups in total. The predicted octanol–water partition coefficient (Wildman–Crippen LogP) is 2.27. The first-order valence-electron chi connectivity index (χ1n) is 11.2. The number of amides is 3. The van der Waals surface area contributed by atoms with Crippen molar-refractivity contribution >= 4 is 17.7 Å². The SMILES string of the molecule is CC(C)C[C@H](C[N+](=O)[O-])C(=O)N[C@H](C(=O)N[C@@H](Cc1ccccc1)C(=O)N(C)C)C(C)(C)C. The molecule has 33 heavy (non-hydrogen) atoms. The van der Waals surface area contributed by atoms with Gasteiger partial charge in [-0.05, 0) is 23.3 Å². The van der Waals surface area contributed by atoms with Crippen LogP contribution in [0, 0.1) is 27.4 Å². The second kappa shape index (κ2) is 12.3. The summed E-state index contributed by atoms with van der Waals surface area (Å²) in [4.78, 5) is 51.0. The Bertz CT molecular complexity index is 818. The third kappa shape index (κ3) is 9.59. The number of nitrogens with zero attached hydrogens (tertiary/aromatic N) is 2. The van der Waals surface area contributed by atoms with Crippen LogP contribution in [0.2, 0.25) is 0 Å². The topological polar surface area (TPSA) is 122 Å². The summed E-state index contributed by atoms with van der Waals surface area (Å²) in [5, 5.41) is 16.6. The number of hydrogen-bond acceptors (Lipinski definition) is 5. The van der Waals surface area contributed by atoms with Gasteiger partial charge in [0.1, 0.15) is 18.0 Å². The summed E-state index contributed by atoms with van der Waals surface area (Å²) < 4.78 is 0. The number of benzene rings is 1. The van der Waals surface area contributed by atoms with Gasteiger partial charge in [0.15, 0.2) is 0 Å². The summed E-state index contributed by atoms with van der Waals surface area (Å²) >= 11 is 0. The molecule has 0 saturated heterocycles. The largest absolute Gasteiger partial charge is 0.347 e. The Hall–Kier alpha value is -2.97. The minimum absolute atomic E-state index is 0.0792. The molecule has 1 aromatic carbocycles. The minimum Gasteiger partial charge on any atom is -0.347 e. The maximum Gasteiger partial charge on any atom is 0.244 e. The van der Waals surface area contributed by atoms with Gasteiger partial charge in [-0.25, -0.2) is 0 Å². The molecule has 3 atom stereocenters. The van der Waals surface area contributed by atoms with Gasteiger partial charge in [0, 0.05) is 25.4 Å². The molecular formula is C24H38N4O5. The molecule has 0 radical (unpaired) electrons. The van der Waals surface area contributed by atoms with E-state index >= 15 is 0 Å². The zero-order valence-electron chi connectivity index (χ0n) is 20.8.